The van der Waals surface area contributed by atoms with Gasteiger partial charge in [0, 0.05) is 6.54 Å². The Morgan fingerprint density at radius 2 is 2.27 bits per heavy atom. The molecule has 0 aromatic rings. The van der Waals surface area contributed by atoms with E-state index in [9.17, 15) is 4.79 Å². The summed E-state index contributed by atoms with van der Waals surface area (Å²) in [6.45, 7) is 7.54. The van der Waals surface area contributed by atoms with Crippen LogP contribution in [-0.2, 0) is 4.79 Å². The second kappa shape index (κ2) is 5.50. The summed E-state index contributed by atoms with van der Waals surface area (Å²) in [5.41, 5.74) is -0.00216. The number of carboxylic acid groups (broad SMARTS) is 1. The molecule has 0 aromatic carbocycles. The predicted octanol–water partition coefficient (Wildman–Crippen LogP) is 2.36. The maximum atomic E-state index is 10.8. The first-order chi connectivity index (χ1) is 7.06. The summed E-state index contributed by atoms with van der Waals surface area (Å²) in [4.78, 5) is 13.2. The summed E-state index contributed by atoms with van der Waals surface area (Å²) < 4.78 is 0. The summed E-state index contributed by atoms with van der Waals surface area (Å²) in [5.74, 6) is -0.658. The number of nitrogens with zero attached hydrogens (tertiary/aromatic N) is 1. The molecular weight excluding hydrogens is 190 g/mol. The van der Waals surface area contributed by atoms with Crippen LogP contribution in [0.3, 0.4) is 0 Å². The number of piperidine rings is 1. The second-order valence-corrected chi connectivity index (χ2v) is 5.11. The Labute approximate surface area is 92.5 Å². The Morgan fingerprint density at radius 1 is 1.53 bits per heavy atom. The average Bonchev–Trinajstić information content (AvgIpc) is 2.12. The van der Waals surface area contributed by atoms with E-state index in [1.807, 2.05) is 0 Å². The van der Waals surface area contributed by atoms with Crippen molar-refractivity contribution < 1.29 is 9.90 Å². The Balaban J connectivity index is 2.43. The van der Waals surface area contributed by atoms with Gasteiger partial charge in [-0.15, -0.1) is 0 Å². The van der Waals surface area contributed by atoms with Crippen molar-refractivity contribution in [1.29, 1.82) is 0 Å². The predicted molar refractivity (Wildman–Crippen MR) is 60.9 cm³/mol. The first-order valence-corrected chi connectivity index (χ1v) is 6.00. The van der Waals surface area contributed by atoms with Crippen molar-refractivity contribution >= 4 is 5.97 Å². The highest BCUT2D eigenvalue weighted by molar-refractivity contribution is 5.67. The van der Waals surface area contributed by atoms with Gasteiger partial charge in [-0.2, -0.15) is 0 Å². The van der Waals surface area contributed by atoms with Crippen LogP contribution in [0.4, 0.5) is 0 Å². The van der Waals surface area contributed by atoms with Crippen LogP contribution in [0.25, 0.3) is 0 Å². The van der Waals surface area contributed by atoms with E-state index >= 15 is 0 Å². The van der Waals surface area contributed by atoms with Gasteiger partial charge in [-0.05, 0) is 37.8 Å². The molecule has 1 rings (SSSR count). The lowest BCUT2D eigenvalue weighted by Crippen LogP contribution is -2.43. The third kappa shape index (κ3) is 4.20. The lowest BCUT2D eigenvalue weighted by molar-refractivity contribution is -0.140. The van der Waals surface area contributed by atoms with Crippen molar-refractivity contribution in [2.24, 2.45) is 5.41 Å². The highest BCUT2D eigenvalue weighted by atomic mass is 16.4. The van der Waals surface area contributed by atoms with Gasteiger partial charge in [0.25, 0.3) is 0 Å². The minimum atomic E-state index is -0.658. The van der Waals surface area contributed by atoms with E-state index in [2.05, 4.69) is 18.7 Å². The molecule has 1 saturated heterocycles. The van der Waals surface area contributed by atoms with Crippen molar-refractivity contribution in [3.05, 3.63) is 0 Å². The zero-order valence-electron chi connectivity index (χ0n) is 9.96. The third-order valence-corrected chi connectivity index (χ3v) is 3.27. The fourth-order valence-corrected chi connectivity index (χ4v) is 2.51. The smallest absolute Gasteiger partial charge is 0.303 e. The van der Waals surface area contributed by atoms with Gasteiger partial charge in [0.1, 0.15) is 0 Å². The van der Waals surface area contributed by atoms with Gasteiger partial charge >= 0.3 is 5.97 Å². The van der Waals surface area contributed by atoms with Gasteiger partial charge in [0.2, 0.25) is 0 Å². The Kier molecular flexibility index (Phi) is 4.58. The molecule has 15 heavy (non-hydrogen) atoms. The van der Waals surface area contributed by atoms with E-state index < -0.39 is 5.97 Å². The van der Waals surface area contributed by atoms with Crippen LogP contribution in [0, 0.1) is 5.41 Å². The Bertz CT molecular complexity index is 218. The molecule has 1 aliphatic heterocycles. The third-order valence-electron chi connectivity index (χ3n) is 3.27. The van der Waals surface area contributed by atoms with Crippen LogP contribution in [0.2, 0.25) is 0 Å². The average molecular weight is 213 g/mol. The molecule has 0 spiro atoms. The molecule has 1 unspecified atom stereocenters. The molecule has 0 aliphatic carbocycles. The summed E-state index contributed by atoms with van der Waals surface area (Å²) >= 11 is 0. The molecule has 0 saturated carbocycles. The molecule has 0 aromatic heterocycles. The van der Waals surface area contributed by atoms with E-state index in [1.54, 1.807) is 0 Å². The van der Waals surface area contributed by atoms with Crippen LogP contribution in [0.1, 0.15) is 46.0 Å². The summed E-state index contributed by atoms with van der Waals surface area (Å²) in [6, 6.07) is 0. The maximum Gasteiger partial charge on any atom is 0.303 e. The quantitative estimate of drug-likeness (QED) is 0.762. The SMILES string of the molecule is CCCCN1CCCC(C)(CC(=O)O)C1. The van der Waals surface area contributed by atoms with Crippen LogP contribution in [-0.4, -0.2) is 35.6 Å². The Hall–Kier alpha value is -0.570. The molecule has 0 bridgehead atoms. The molecule has 88 valence electrons. The largest absolute Gasteiger partial charge is 0.481 e. The number of likely N-dealkylation sites (tertiary alicyclic amines) is 1. The molecular formula is C12H23NO2. The van der Waals surface area contributed by atoms with Crippen LogP contribution in [0.5, 0.6) is 0 Å². The van der Waals surface area contributed by atoms with Crippen molar-refractivity contribution in [2.75, 3.05) is 19.6 Å². The molecule has 1 atom stereocenters. The fraction of sp³-hybridized carbons (Fsp3) is 0.917. The highest BCUT2D eigenvalue weighted by Gasteiger charge is 2.32. The molecule has 3 heteroatoms. The summed E-state index contributed by atoms with van der Waals surface area (Å²) in [6.07, 6.45) is 4.96. The van der Waals surface area contributed by atoms with Crippen molar-refractivity contribution in [3.8, 4) is 0 Å². The molecule has 1 fully saturated rings. The molecule has 1 heterocycles. The lowest BCUT2D eigenvalue weighted by atomic mass is 9.79. The number of rotatable bonds is 5. The van der Waals surface area contributed by atoms with Crippen LogP contribution >= 0.6 is 0 Å². The van der Waals surface area contributed by atoms with Crippen LogP contribution < -0.4 is 0 Å². The standard InChI is InChI=1S/C12H23NO2/c1-3-4-7-13-8-5-6-12(2,10-13)9-11(14)15/h3-10H2,1-2H3,(H,14,15). The normalized spacial score (nSPS) is 27.9. The van der Waals surface area contributed by atoms with Crippen molar-refractivity contribution in [2.45, 2.75) is 46.0 Å². The number of hydrogen-bond acceptors (Lipinski definition) is 2. The minimum absolute atomic E-state index is 0.00216. The highest BCUT2D eigenvalue weighted by Crippen LogP contribution is 2.32. The zero-order chi connectivity index (χ0) is 11.3. The first-order valence-electron chi connectivity index (χ1n) is 6.00. The first kappa shape index (κ1) is 12.5. The van der Waals surface area contributed by atoms with Crippen molar-refractivity contribution in [3.63, 3.8) is 0 Å². The van der Waals surface area contributed by atoms with E-state index in [0.29, 0.717) is 6.42 Å². The molecule has 1 N–H and O–H groups in total. The van der Waals surface area contributed by atoms with Gasteiger partial charge in [0.05, 0.1) is 6.42 Å². The second-order valence-electron chi connectivity index (χ2n) is 5.11. The van der Waals surface area contributed by atoms with Gasteiger partial charge < -0.3 is 10.0 Å². The van der Waals surface area contributed by atoms with Gasteiger partial charge in [0.15, 0.2) is 0 Å². The number of carboxylic acids is 1. The van der Waals surface area contributed by atoms with Gasteiger partial charge in [-0.3, -0.25) is 4.79 Å². The fourth-order valence-electron chi connectivity index (χ4n) is 2.51. The molecule has 3 nitrogen and oxygen atoms in total. The summed E-state index contributed by atoms with van der Waals surface area (Å²) in [5, 5.41) is 8.87. The van der Waals surface area contributed by atoms with E-state index in [-0.39, 0.29) is 5.41 Å². The topological polar surface area (TPSA) is 40.5 Å². The van der Waals surface area contributed by atoms with E-state index in [0.717, 1.165) is 32.5 Å². The minimum Gasteiger partial charge on any atom is -0.481 e. The number of aliphatic carboxylic acids is 1. The van der Waals surface area contributed by atoms with E-state index in [1.165, 1.54) is 12.8 Å². The monoisotopic (exact) mass is 213 g/mol. The van der Waals surface area contributed by atoms with Gasteiger partial charge in [-0.1, -0.05) is 20.3 Å². The number of carbonyl (C=O) groups is 1. The molecule has 0 amide bonds. The lowest BCUT2D eigenvalue weighted by Gasteiger charge is -2.39. The van der Waals surface area contributed by atoms with Crippen LogP contribution in [0.15, 0.2) is 0 Å². The zero-order valence-corrected chi connectivity index (χ0v) is 9.96. The van der Waals surface area contributed by atoms with E-state index in [4.69, 9.17) is 5.11 Å². The summed E-state index contributed by atoms with van der Waals surface area (Å²) in [7, 11) is 0. The molecule has 0 radical (unpaired) electrons. The number of unbranched alkanes of at least 4 members (excludes halogenated alkanes) is 1. The van der Waals surface area contributed by atoms with Gasteiger partial charge in [-0.25, -0.2) is 0 Å². The van der Waals surface area contributed by atoms with Crippen molar-refractivity contribution in [1.82, 2.24) is 4.90 Å². The number of hydrogen-bond donors (Lipinski definition) is 1. The molecule has 1 aliphatic rings. The Morgan fingerprint density at radius 3 is 2.87 bits per heavy atom. The maximum absolute atomic E-state index is 10.8.